The molecule has 4 heteroatoms. The predicted octanol–water partition coefficient (Wildman–Crippen LogP) is 2.30. The van der Waals surface area contributed by atoms with Gasteiger partial charge in [-0.25, -0.2) is 4.98 Å². The Kier molecular flexibility index (Phi) is 3.49. The van der Waals surface area contributed by atoms with Crippen LogP contribution in [0.1, 0.15) is 32.7 Å². The maximum atomic E-state index is 5.29. The lowest BCUT2D eigenvalue weighted by atomic mass is 10.1. The van der Waals surface area contributed by atoms with Gasteiger partial charge in [-0.05, 0) is 18.8 Å². The molecular weight excluding hydrogens is 202 g/mol. The van der Waals surface area contributed by atoms with Crippen LogP contribution in [0.5, 0.6) is 0 Å². The van der Waals surface area contributed by atoms with Gasteiger partial charge < -0.3 is 14.6 Å². The van der Waals surface area contributed by atoms with Crippen LogP contribution in [0.3, 0.4) is 0 Å². The minimum atomic E-state index is 0.355. The Balaban J connectivity index is 2.11. The van der Waals surface area contributed by atoms with E-state index < -0.39 is 0 Å². The molecule has 1 aromatic rings. The van der Waals surface area contributed by atoms with Gasteiger partial charge in [-0.1, -0.05) is 13.8 Å². The topological polar surface area (TPSA) is 39.1 Å². The molecule has 1 fully saturated rings. The summed E-state index contributed by atoms with van der Waals surface area (Å²) in [7, 11) is 1.75. The van der Waals surface area contributed by atoms with E-state index in [1.54, 1.807) is 7.11 Å². The summed E-state index contributed by atoms with van der Waals surface area (Å²) in [5.74, 6) is 1.52. The number of rotatable bonds is 6. The van der Waals surface area contributed by atoms with E-state index in [9.17, 15) is 0 Å². The van der Waals surface area contributed by atoms with Gasteiger partial charge >= 0.3 is 0 Å². The van der Waals surface area contributed by atoms with Crippen molar-refractivity contribution in [1.82, 2.24) is 9.55 Å². The Labute approximate surface area is 97.0 Å². The van der Waals surface area contributed by atoms with Crippen molar-refractivity contribution >= 4 is 5.95 Å². The molecule has 0 spiro atoms. The lowest BCUT2D eigenvalue weighted by molar-refractivity contribution is 0.134. The highest BCUT2D eigenvalue weighted by atomic mass is 16.5. The van der Waals surface area contributed by atoms with Crippen molar-refractivity contribution in [3.8, 4) is 0 Å². The monoisotopic (exact) mass is 223 g/mol. The Morgan fingerprint density at radius 3 is 2.88 bits per heavy atom. The number of ether oxygens (including phenoxy) is 1. The second-order valence-electron chi connectivity index (χ2n) is 4.84. The van der Waals surface area contributed by atoms with Gasteiger partial charge in [0, 0.05) is 25.5 Å². The number of nitrogens with one attached hydrogen (secondary N) is 1. The predicted molar refractivity (Wildman–Crippen MR) is 64.6 cm³/mol. The summed E-state index contributed by atoms with van der Waals surface area (Å²) in [5.41, 5.74) is 0. The number of anilines is 1. The molecule has 4 nitrogen and oxygen atoms in total. The van der Waals surface area contributed by atoms with Crippen LogP contribution in [0.15, 0.2) is 12.4 Å². The zero-order valence-electron chi connectivity index (χ0n) is 10.3. The number of methoxy groups -OCH3 is 1. The third-order valence-corrected chi connectivity index (χ3v) is 3.04. The van der Waals surface area contributed by atoms with Crippen molar-refractivity contribution in [3.63, 3.8) is 0 Å². The third kappa shape index (κ3) is 2.55. The largest absolute Gasteiger partial charge is 0.383 e. The molecule has 1 aromatic heterocycles. The number of nitrogens with zero attached hydrogens (tertiary/aromatic N) is 2. The van der Waals surface area contributed by atoms with Gasteiger partial charge in [0.1, 0.15) is 0 Å². The number of hydrogen-bond donors (Lipinski definition) is 1. The van der Waals surface area contributed by atoms with E-state index in [0.717, 1.165) is 12.6 Å². The van der Waals surface area contributed by atoms with E-state index in [1.165, 1.54) is 12.8 Å². The molecule has 0 radical (unpaired) electrons. The Hall–Kier alpha value is -1.03. The van der Waals surface area contributed by atoms with Gasteiger partial charge in [0.25, 0.3) is 0 Å². The van der Waals surface area contributed by atoms with Crippen LogP contribution in [-0.4, -0.2) is 29.3 Å². The molecule has 1 aliphatic carbocycles. The third-order valence-electron chi connectivity index (χ3n) is 3.04. The lowest BCUT2D eigenvalue weighted by Crippen LogP contribution is -2.22. The molecule has 1 atom stereocenters. The van der Waals surface area contributed by atoms with E-state index in [4.69, 9.17) is 4.74 Å². The summed E-state index contributed by atoms with van der Waals surface area (Å²) in [4.78, 5) is 4.38. The molecule has 0 amide bonds. The standard InChI is InChI=1S/C12H21N3O/c1-9(2)11(8-16-3)15-7-6-13-12(15)14-10-4-5-10/h6-7,9-11H,4-5,8H2,1-3H3,(H,13,14). The van der Waals surface area contributed by atoms with Gasteiger partial charge in [0.2, 0.25) is 5.95 Å². The van der Waals surface area contributed by atoms with Crippen LogP contribution in [0.25, 0.3) is 0 Å². The van der Waals surface area contributed by atoms with Crippen LogP contribution in [0, 0.1) is 5.92 Å². The number of imidazole rings is 1. The molecule has 1 aliphatic rings. The second-order valence-corrected chi connectivity index (χ2v) is 4.84. The van der Waals surface area contributed by atoms with Crippen LogP contribution >= 0.6 is 0 Å². The Morgan fingerprint density at radius 1 is 1.56 bits per heavy atom. The van der Waals surface area contributed by atoms with Crippen molar-refractivity contribution in [1.29, 1.82) is 0 Å². The van der Waals surface area contributed by atoms with Crippen LogP contribution < -0.4 is 5.32 Å². The van der Waals surface area contributed by atoms with E-state index in [0.29, 0.717) is 18.0 Å². The highest BCUT2D eigenvalue weighted by Crippen LogP contribution is 2.27. The molecule has 0 bridgehead atoms. The Morgan fingerprint density at radius 2 is 2.31 bits per heavy atom. The maximum absolute atomic E-state index is 5.29. The minimum Gasteiger partial charge on any atom is -0.383 e. The Bertz CT molecular complexity index is 331. The highest BCUT2D eigenvalue weighted by Gasteiger charge is 2.25. The summed E-state index contributed by atoms with van der Waals surface area (Å²) in [6.07, 6.45) is 6.43. The summed E-state index contributed by atoms with van der Waals surface area (Å²) in [5, 5.41) is 3.45. The van der Waals surface area contributed by atoms with E-state index in [-0.39, 0.29) is 0 Å². The summed E-state index contributed by atoms with van der Waals surface area (Å²) in [6, 6.07) is 0.991. The van der Waals surface area contributed by atoms with Gasteiger partial charge in [-0.3, -0.25) is 0 Å². The molecule has 0 aliphatic heterocycles. The average molecular weight is 223 g/mol. The molecular formula is C12H21N3O. The number of aromatic nitrogens is 2. The zero-order valence-corrected chi connectivity index (χ0v) is 10.3. The van der Waals surface area contributed by atoms with Gasteiger partial charge in [0.05, 0.1) is 12.6 Å². The number of hydrogen-bond acceptors (Lipinski definition) is 3. The molecule has 0 saturated heterocycles. The minimum absolute atomic E-state index is 0.355. The molecule has 90 valence electrons. The molecule has 16 heavy (non-hydrogen) atoms. The van der Waals surface area contributed by atoms with Crippen LogP contribution in [0.4, 0.5) is 5.95 Å². The van der Waals surface area contributed by atoms with E-state index in [2.05, 4.69) is 28.7 Å². The molecule has 1 N–H and O–H groups in total. The molecule has 1 saturated carbocycles. The first-order valence-corrected chi connectivity index (χ1v) is 6.00. The molecule has 1 heterocycles. The van der Waals surface area contributed by atoms with Gasteiger partial charge in [0.15, 0.2) is 0 Å². The van der Waals surface area contributed by atoms with Crippen molar-refractivity contribution in [2.75, 3.05) is 19.0 Å². The lowest BCUT2D eigenvalue weighted by Gasteiger charge is -2.23. The highest BCUT2D eigenvalue weighted by molar-refractivity contribution is 5.30. The van der Waals surface area contributed by atoms with Crippen LogP contribution in [-0.2, 0) is 4.74 Å². The molecule has 1 unspecified atom stereocenters. The van der Waals surface area contributed by atoms with Crippen molar-refractivity contribution < 1.29 is 4.74 Å². The normalized spacial score (nSPS) is 17.8. The maximum Gasteiger partial charge on any atom is 0.203 e. The average Bonchev–Trinajstić information content (AvgIpc) is 2.93. The first-order chi connectivity index (χ1) is 7.72. The van der Waals surface area contributed by atoms with Gasteiger partial charge in [-0.2, -0.15) is 0 Å². The smallest absolute Gasteiger partial charge is 0.203 e. The molecule has 2 rings (SSSR count). The van der Waals surface area contributed by atoms with E-state index in [1.807, 2.05) is 12.4 Å². The van der Waals surface area contributed by atoms with Crippen molar-refractivity contribution in [2.24, 2.45) is 5.92 Å². The van der Waals surface area contributed by atoms with Gasteiger partial charge in [-0.15, -0.1) is 0 Å². The SMILES string of the molecule is COCC(C(C)C)n1ccnc1NC1CC1. The zero-order chi connectivity index (χ0) is 11.5. The summed E-state index contributed by atoms with van der Waals surface area (Å²) < 4.78 is 7.49. The quantitative estimate of drug-likeness (QED) is 0.804. The fraction of sp³-hybridized carbons (Fsp3) is 0.750. The molecule has 0 aromatic carbocycles. The van der Waals surface area contributed by atoms with Crippen LogP contribution in [0.2, 0.25) is 0 Å². The van der Waals surface area contributed by atoms with E-state index >= 15 is 0 Å². The second kappa shape index (κ2) is 4.87. The fourth-order valence-electron chi connectivity index (χ4n) is 1.87. The summed E-state index contributed by atoms with van der Waals surface area (Å²) in [6.45, 7) is 5.16. The van der Waals surface area contributed by atoms with Crippen molar-refractivity contribution in [3.05, 3.63) is 12.4 Å². The van der Waals surface area contributed by atoms with Crippen molar-refractivity contribution in [2.45, 2.75) is 38.8 Å². The first-order valence-electron chi connectivity index (χ1n) is 6.00. The first kappa shape index (κ1) is 11.5. The fourth-order valence-corrected chi connectivity index (χ4v) is 1.87. The summed E-state index contributed by atoms with van der Waals surface area (Å²) >= 11 is 0.